The number of benzene rings is 3. The molecule has 0 N–H and O–H groups in total. The molecule has 1 aliphatic rings. The van der Waals surface area contributed by atoms with E-state index in [0.717, 1.165) is 11.1 Å². The molecule has 0 unspecified atom stereocenters. The predicted molar refractivity (Wildman–Crippen MR) is 124 cm³/mol. The minimum atomic E-state index is -3.88. The molecule has 32 heavy (non-hydrogen) atoms. The second kappa shape index (κ2) is 8.84. The SMILES string of the molecule is Cc1ccc(S(=O)(=O)N2C[C@@H](C(=O)N(C)Cc3ccc(Cl)cc3)Oc3ccccc32)cc1. The molecule has 0 fully saturated rings. The second-order valence-corrected chi connectivity index (χ2v) is 10.0. The Bertz CT molecular complexity index is 1230. The molecule has 0 saturated carbocycles. The lowest BCUT2D eigenvalue weighted by molar-refractivity contribution is -0.137. The molecule has 166 valence electrons. The van der Waals surface area contributed by atoms with Crippen LogP contribution in [0.25, 0.3) is 0 Å². The molecule has 1 atom stereocenters. The van der Waals surface area contributed by atoms with Gasteiger partial charge in [0, 0.05) is 18.6 Å². The number of hydrogen-bond donors (Lipinski definition) is 0. The smallest absolute Gasteiger partial charge is 0.265 e. The molecule has 0 bridgehead atoms. The van der Waals surface area contributed by atoms with Gasteiger partial charge in [0.25, 0.3) is 15.9 Å². The van der Waals surface area contributed by atoms with Crippen molar-refractivity contribution in [3.8, 4) is 5.75 Å². The Balaban J connectivity index is 1.62. The van der Waals surface area contributed by atoms with Crippen LogP contribution in [-0.2, 0) is 21.4 Å². The fourth-order valence-corrected chi connectivity index (χ4v) is 5.19. The second-order valence-electron chi connectivity index (χ2n) is 7.74. The monoisotopic (exact) mass is 470 g/mol. The van der Waals surface area contributed by atoms with E-state index in [0.29, 0.717) is 23.0 Å². The molecular formula is C24H23ClN2O4S. The third-order valence-corrected chi connectivity index (χ3v) is 7.37. The Labute approximate surface area is 193 Å². The maximum atomic E-state index is 13.5. The van der Waals surface area contributed by atoms with E-state index in [1.807, 2.05) is 19.1 Å². The van der Waals surface area contributed by atoms with Crippen molar-refractivity contribution < 1.29 is 17.9 Å². The van der Waals surface area contributed by atoms with E-state index in [1.54, 1.807) is 67.7 Å². The Morgan fingerprint density at radius 2 is 1.72 bits per heavy atom. The van der Waals surface area contributed by atoms with Gasteiger partial charge in [-0.3, -0.25) is 9.10 Å². The number of nitrogens with zero attached hydrogens (tertiary/aromatic N) is 2. The first-order valence-electron chi connectivity index (χ1n) is 10.1. The lowest BCUT2D eigenvalue weighted by Gasteiger charge is -2.36. The number of aryl methyl sites for hydroxylation is 1. The van der Waals surface area contributed by atoms with Crippen molar-refractivity contribution in [3.05, 3.63) is 88.9 Å². The maximum absolute atomic E-state index is 13.5. The van der Waals surface area contributed by atoms with Crippen molar-refractivity contribution in [2.45, 2.75) is 24.5 Å². The van der Waals surface area contributed by atoms with Gasteiger partial charge in [0.2, 0.25) is 0 Å². The average Bonchev–Trinajstić information content (AvgIpc) is 2.79. The van der Waals surface area contributed by atoms with Crippen molar-refractivity contribution in [3.63, 3.8) is 0 Å². The van der Waals surface area contributed by atoms with Gasteiger partial charge in [-0.05, 0) is 48.9 Å². The average molecular weight is 471 g/mol. The predicted octanol–water partition coefficient (Wildman–Crippen LogP) is 4.26. The van der Waals surface area contributed by atoms with Crippen molar-refractivity contribution in [2.75, 3.05) is 17.9 Å². The summed E-state index contributed by atoms with van der Waals surface area (Å²) in [6.45, 7) is 2.13. The Morgan fingerprint density at radius 3 is 2.41 bits per heavy atom. The van der Waals surface area contributed by atoms with Crippen LogP contribution in [-0.4, -0.2) is 38.9 Å². The summed E-state index contributed by atoms with van der Waals surface area (Å²) in [5.74, 6) is 0.0474. The molecule has 3 aromatic rings. The summed E-state index contributed by atoms with van der Waals surface area (Å²) in [6, 6.07) is 20.7. The van der Waals surface area contributed by atoms with Gasteiger partial charge in [0.15, 0.2) is 6.10 Å². The standard InChI is InChI=1S/C24H23ClN2O4S/c1-17-7-13-20(14-8-17)32(29,30)27-16-23(31-22-6-4-3-5-21(22)27)24(28)26(2)15-18-9-11-19(25)12-10-18/h3-14,23H,15-16H2,1-2H3/t23-/m0/s1. The number of likely N-dealkylation sites (N-methyl/N-ethyl adjacent to an activating group) is 1. The largest absolute Gasteiger partial charge is 0.476 e. The zero-order chi connectivity index (χ0) is 22.9. The number of fused-ring (bicyclic) bond motifs is 1. The molecule has 8 heteroatoms. The number of sulfonamides is 1. The number of rotatable bonds is 5. The molecule has 1 heterocycles. The first kappa shape index (κ1) is 22.2. The van der Waals surface area contributed by atoms with Crippen LogP contribution in [0.4, 0.5) is 5.69 Å². The number of halogens is 1. The van der Waals surface area contributed by atoms with Crippen molar-refractivity contribution in [1.82, 2.24) is 4.90 Å². The first-order chi connectivity index (χ1) is 15.3. The Kier molecular flexibility index (Phi) is 6.13. The fourth-order valence-electron chi connectivity index (χ4n) is 3.58. The third kappa shape index (κ3) is 4.45. The molecule has 1 amide bonds. The summed E-state index contributed by atoms with van der Waals surface area (Å²) in [6.07, 6.45) is -0.970. The first-order valence-corrected chi connectivity index (χ1v) is 11.9. The Morgan fingerprint density at radius 1 is 1.06 bits per heavy atom. The molecule has 0 aliphatic carbocycles. The summed E-state index contributed by atoms with van der Waals surface area (Å²) in [4.78, 5) is 14.9. The minimum absolute atomic E-state index is 0.114. The summed E-state index contributed by atoms with van der Waals surface area (Å²) >= 11 is 5.94. The quantitative estimate of drug-likeness (QED) is 0.558. The summed E-state index contributed by atoms with van der Waals surface area (Å²) < 4.78 is 34.1. The van der Waals surface area contributed by atoms with Gasteiger partial charge in [-0.15, -0.1) is 0 Å². The molecule has 1 aliphatic heterocycles. The number of carbonyl (C=O) groups is 1. The molecule has 4 rings (SSSR count). The molecule has 3 aromatic carbocycles. The van der Waals surface area contributed by atoms with Gasteiger partial charge < -0.3 is 9.64 Å². The van der Waals surface area contributed by atoms with Crippen LogP contribution >= 0.6 is 11.6 Å². The zero-order valence-electron chi connectivity index (χ0n) is 17.7. The summed E-state index contributed by atoms with van der Waals surface area (Å²) in [7, 11) is -2.21. The molecule has 0 spiro atoms. The Hall–Kier alpha value is -3.03. The fraction of sp³-hybridized carbons (Fsp3) is 0.208. The number of anilines is 1. The highest BCUT2D eigenvalue weighted by Crippen LogP contribution is 2.37. The molecule has 6 nitrogen and oxygen atoms in total. The molecule has 0 aromatic heterocycles. The lowest BCUT2D eigenvalue weighted by Crippen LogP contribution is -2.50. The van der Waals surface area contributed by atoms with E-state index in [-0.39, 0.29) is 17.3 Å². The number of hydrogen-bond acceptors (Lipinski definition) is 4. The van der Waals surface area contributed by atoms with Crippen LogP contribution in [0.1, 0.15) is 11.1 Å². The van der Waals surface area contributed by atoms with E-state index in [4.69, 9.17) is 16.3 Å². The normalized spacial score (nSPS) is 15.6. The number of carbonyl (C=O) groups excluding carboxylic acids is 1. The van der Waals surface area contributed by atoms with Crippen molar-refractivity contribution in [2.24, 2.45) is 0 Å². The lowest BCUT2D eigenvalue weighted by atomic mass is 10.2. The van der Waals surface area contributed by atoms with Gasteiger partial charge in [0.05, 0.1) is 17.1 Å². The minimum Gasteiger partial charge on any atom is -0.476 e. The topological polar surface area (TPSA) is 66.9 Å². The van der Waals surface area contributed by atoms with Crippen LogP contribution in [0, 0.1) is 6.92 Å². The number of ether oxygens (including phenoxy) is 1. The van der Waals surface area contributed by atoms with E-state index < -0.39 is 16.1 Å². The highest BCUT2D eigenvalue weighted by molar-refractivity contribution is 7.92. The van der Waals surface area contributed by atoms with Crippen LogP contribution in [0.15, 0.2) is 77.7 Å². The van der Waals surface area contributed by atoms with E-state index in [2.05, 4.69) is 0 Å². The van der Waals surface area contributed by atoms with Crippen LogP contribution in [0.5, 0.6) is 5.75 Å². The van der Waals surface area contributed by atoms with Gasteiger partial charge in [0.1, 0.15) is 5.75 Å². The highest BCUT2D eigenvalue weighted by atomic mass is 35.5. The van der Waals surface area contributed by atoms with Crippen molar-refractivity contribution in [1.29, 1.82) is 0 Å². The van der Waals surface area contributed by atoms with Gasteiger partial charge in [-0.1, -0.05) is 53.6 Å². The zero-order valence-corrected chi connectivity index (χ0v) is 19.3. The molecule has 0 saturated heterocycles. The third-order valence-electron chi connectivity index (χ3n) is 5.33. The molecule has 0 radical (unpaired) electrons. The summed E-state index contributed by atoms with van der Waals surface area (Å²) in [5.41, 5.74) is 2.28. The molecular weight excluding hydrogens is 448 g/mol. The van der Waals surface area contributed by atoms with Crippen LogP contribution in [0.2, 0.25) is 5.02 Å². The van der Waals surface area contributed by atoms with E-state index in [9.17, 15) is 13.2 Å². The highest BCUT2D eigenvalue weighted by Gasteiger charge is 2.38. The maximum Gasteiger partial charge on any atom is 0.265 e. The van der Waals surface area contributed by atoms with Crippen LogP contribution in [0.3, 0.4) is 0 Å². The van der Waals surface area contributed by atoms with Gasteiger partial charge in [-0.2, -0.15) is 0 Å². The number of amides is 1. The van der Waals surface area contributed by atoms with Gasteiger partial charge >= 0.3 is 0 Å². The van der Waals surface area contributed by atoms with E-state index in [1.165, 1.54) is 9.21 Å². The van der Waals surface area contributed by atoms with E-state index >= 15 is 0 Å². The van der Waals surface area contributed by atoms with Crippen molar-refractivity contribution >= 4 is 33.2 Å². The van der Waals surface area contributed by atoms with Gasteiger partial charge in [-0.25, -0.2) is 8.42 Å². The summed E-state index contributed by atoms with van der Waals surface area (Å²) in [5, 5.41) is 0.618. The van der Waals surface area contributed by atoms with Crippen LogP contribution < -0.4 is 9.04 Å². The number of para-hydroxylation sites is 2.